The Morgan fingerprint density at radius 2 is 1.96 bits per heavy atom. The van der Waals surface area contributed by atoms with E-state index in [-0.39, 0.29) is 5.91 Å². The van der Waals surface area contributed by atoms with Crippen LogP contribution in [0.2, 0.25) is 0 Å². The van der Waals surface area contributed by atoms with E-state index in [9.17, 15) is 4.79 Å². The molecule has 0 fully saturated rings. The highest BCUT2D eigenvalue weighted by Gasteiger charge is 2.19. The van der Waals surface area contributed by atoms with E-state index in [1.54, 1.807) is 6.20 Å². The summed E-state index contributed by atoms with van der Waals surface area (Å²) in [6, 6.07) is 7.34. The number of hydrogen-bond donors (Lipinski definition) is 1. The van der Waals surface area contributed by atoms with Crippen LogP contribution in [0, 0.1) is 0 Å². The molecule has 1 aromatic carbocycles. The second kappa shape index (κ2) is 7.15. The molecule has 0 saturated heterocycles. The zero-order valence-electron chi connectivity index (χ0n) is 14.9. The van der Waals surface area contributed by atoms with Crippen molar-refractivity contribution in [3.63, 3.8) is 0 Å². The lowest BCUT2D eigenvalue weighted by Gasteiger charge is -2.08. The summed E-state index contributed by atoms with van der Waals surface area (Å²) in [4.78, 5) is 17.2. The predicted molar refractivity (Wildman–Crippen MR) is 99.8 cm³/mol. The smallest absolute Gasteiger partial charge is 0.261 e. The number of nitrogens with zero attached hydrogens (tertiary/aromatic N) is 3. The van der Waals surface area contributed by atoms with Crippen LogP contribution in [0.3, 0.4) is 0 Å². The van der Waals surface area contributed by atoms with E-state index in [4.69, 9.17) is 4.74 Å². The van der Waals surface area contributed by atoms with Crippen molar-refractivity contribution in [2.75, 3.05) is 11.9 Å². The lowest BCUT2D eigenvalue weighted by atomic mass is 10.1. The summed E-state index contributed by atoms with van der Waals surface area (Å²) in [5.41, 5.74) is 4.26. The molecule has 0 aliphatic heterocycles. The van der Waals surface area contributed by atoms with Gasteiger partial charge >= 0.3 is 0 Å². The Balaban J connectivity index is 1.60. The lowest BCUT2D eigenvalue weighted by molar-refractivity contribution is 0.102. The number of anilines is 1. The topological polar surface area (TPSA) is 68.5 Å². The number of fused-ring (bicyclic) bond motifs is 3. The van der Waals surface area contributed by atoms with Crippen molar-refractivity contribution >= 4 is 17.2 Å². The Bertz CT molecular complexity index is 931. The highest BCUT2D eigenvalue weighted by molar-refractivity contribution is 6.08. The van der Waals surface area contributed by atoms with E-state index in [1.807, 2.05) is 41.9 Å². The van der Waals surface area contributed by atoms with Crippen molar-refractivity contribution in [3.05, 3.63) is 53.5 Å². The van der Waals surface area contributed by atoms with Crippen LogP contribution in [-0.2, 0) is 12.8 Å². The summed E-state index contributed by atoms with van der Waals surface area (Å²) in [6.07, 6.45) is 9.10. The maximum absolute atomic E-state index is 12.7. The van der Waals surface area contributed by atoms with Crippen LogP contribution in [0.15, 0.2) is 36.7 Å². The summed E-state index contributed by atoms with van der Waals surface area (Å²) in [7, 11) is 0. The minimum atomic E-state index is -0.203. The molecule has 2 aromatic heterocycles. The van der Waals surface area contributed by atoms with Crippen molar-refractivity contribution in [2.45, 2.75) is 39.0 Å². The van der Waals surface area contributed by atoms with E-state index < -0.39 is 0 Å². The Morgan fingerprint density at radius 3 is 2.77 bits per heavy atom. The number of carbonyl (C=O) groups is 1. The Labute approximate surface area is 152 Å². The number of aromatic nitrogens is 3. The van der Waals surface area contributed by atoms with Gasteiger partial charge in [0.2, 0.25) is 0 Å². The second-order valence-electron chi connectivity index (χ2n) is 6.50. The number of carbonyl (C=O) groups excluding carboxylic acids is 1. The monoisotopic (exact) mass is 350 g/mol. The third kappa shape index (κ3) is 3.14. The molecule has 6 nitrogen and oxygen atoms in total. The fraction of sp³-hybridized carbons (Fsp3) is 0.350. The number of nitrogens with one attached hydrogen (secondary N) is 1. The van der Waals surface area contributed by atoms with Gasteiger partial charge in [0, 0.05) is 17.6 Å². The molecule has 1 aliphatic carbocycles. The van der Waals surface area contributed by atoms with Crippen LogP contribution >= 0.6 is 0 Å². The van der Waals surface area contributed by atoms with Crippen LogP contribution in [0.1, 0.15) is 47.8 Å². The molecule has 0 spiro atoms. The third-order valence-corrected chi connectivity index (χ3v) is 4.74. The number of rotatable bonds is 4. The fourth-order valence-corrected chi connectivity index (χ4v) is 3.43. The first-order valence-corrected chi connectivity index (χ1v) is 9.15. The number of hydrogen-bond acceptors (Lipinski definition) is 4. The average Bonchev–Trinajstić information content (AvgIpc) is 2.94. The van der Waals surface area contributed by atoms with Gasteiger partial charge in [-0.15, -0.1) is 0 Å². The maximum atomic E-state index is 12.7. The van der Waals surface area contributed by atoms with Gasteiger partial charge in [-0.3, -0.25) is 4.79 Å². The zero-order chi connectivity index (χ0) is 17.9. The molecular weight excluding hydrogens is 328 g/mol. The highest BCUT2D eigenvalue weighted by atomic mass is 16.5. The highest BCUT2D eigenvalue weighted by Crippen LogP contribution is 2.23. The molecule has 4 rings (SSSR count). The molecule has 6 heteroatoms. The summed E-state index contributed by atoms with van der Waals surface area (Å²) in [5, 5.41) is 7.36. The van der Waals surface area contributed by atoms with E-state index in [0.29, 0.717) is 23.5 Å². The van der Waals surface area contributed by atoms with Gasteiger partial charge < -0.3 is 10.1 Å². The molecule has 0 unspecified atom stereocenters. The molecule has 26 heavy (non-hydrogen) atoms. The van der Waals surface area contributed by atoms with Gasteiger partial charge in [-0.05, 0) is 62.4 Å². The molecule has 0 bridgehead atoms. The van der Waals surface area contributed by atoms with Gasteiger partial charge in [0.15, 0.2) is 5.65 Å². The van der Waals surface area contributed by atoms with Crippen molar-refractivity contribution in [2.24, 2.45) is 0 Å². The summed E-state index contributed by atoms with van der Waals surface area (Å²) in [5.74, 6) is 0.580. The summed E-state index contributed by atoms with van der Waals surface area (Å²) in [6.45, 7) is 2.55. The maximum Gasteiger partial charge on any atom is 0.261 e. The average molecular weight is 350 g/mol. The standard InChI is InChI=1S/C20H22N4O2/c1-2-26-16-10-8-15(9-11-16)23-20(25)17-13-22-24-18-7-5-3-4-6-14(18)12-21-19(17)24/h8-13H,2-7H2,1H3,(H,23,25). The van der Waals surface area contributed by atoms with E-state index in [1.165, 1.54) is 24.1 Å². The van der Waals surface area contributed by atoms with Crippen LogP contribution < -0.4 is 10.1 Å². The first-order chi connectivity index (χ1) is 12.8. The second-order valence-corrected chi connectivity index (χ2v) is 6.50. The summed E-state index contributed by atoms with van der Waals surface area (Å²) < 4.78 is 7.26. The Morgan fingerprint density at radius 1 is 1.15 bits per heavy atom. The molecule has 1 amide bonds. The van der Waals surface area contributed by atoms with Gasteiger partial charge in [0.1, 0.15) is 11.3 Å². The molecule has 1 N–H and O–H groups in total. The molecule has 134 valence electrons. The normalized spacial score (nSPS) is 13.9. The van der Waals surface area contributed by atoms with E-state index in [0.717, 1.165) is 25.0 Å². The van der Waals surface area contributed by atoms with Crippen molar-refractivity contribution in [1.29, 1.82) is 0 Å². The van der Waals surface area contributed by atoms with Crippen molar-refractivity contribution in [3.8, 4) is 5.75 Å². The quantitative estimate of drug-likeness (QED) is 0.729. The molecular formula is C20H22N4O2. The van der Waals surface area contributed by atoms with Gasteiger partial charge in [0.05, 0.1) is 12.8 Å². The first kappa shape index (κ1) is 16.6. The lowest BCUT2D eigenvalue weighted by Crippen LogP contribution is -2.12. The third-order valence-electron chi connectivity index (χ3n) is 4.74. The SMILES string of the molecule is CCOc1ccc(NC(=O)c2cnn3c4c(cnc23)CCCCC4)cc1. The fourth-order valence-electron chi connectivity index (χ4n) is 3.43. The molecule has 2 heterocycles. The Kier molecular flexibility index (Phi) is 4.56. The van der Waals surface area contributed by atoms with Gasteiger partial charge in [-0.2, -0.15) is 5.10 Å². The molecule has 0 radical (unpaired) electrons. The zero-order valence-corrected chi connectivity index (χ0v) is 14.9. The number of ether oxygens (including phenoxy) is 1. The largest absolute Gasteiger partial charge is 0.494 e. The van der Waals surface area contributed by atoms with Crippen LogP contribution in [0.5, 0.6) is 5.75 Å². The van der Waals surface area contributed by atoms with Crippen LogP contribution in [0.4, 0.5) is 5.69 Å². The molecule has 3 aromatic rings. The van der Waals surface area contributed by atoms with Gasteiger partial charge in [0.25, 0.3) is 5.91 Å². The predicted octanol–water partition coefficient (Wildman–Crippen LogP) is 3.65. The number of benzene rings is 1. The minimum Gasteiger partial charge on any atom is -0.494 e. The van der Waals surface area contributed by atoms with Gasteiger partial charge in [-0.1, -0.05) is 6.42 Å². The first-order valence-electron chi connectivity index (χ1n) is 9.15. The van der Waals surface area contributed by atoms with Crippen LogP contribution in [-0.4, -0.2) is 27.1 Å². The summed E-state index contributed by atoms with van der Waals surface area (Å²) >= 11 is 0. The minimum absolute atomic E-state index is 0.203. The Hall–Kier alpha value is -2.89. The number of amides is 1. The number of aryl methyl sites for hydroxylation is 2. The van der Waals surface area contributed by atoms with Crippen molar-refractivity contribution < 1.29 is 9.53 Å². The van der Waals surface area contributed by atoms with Gasteiger partial charge in [-0.25, -0.2) is 9.50 Å². The molecule has 0 saturated carbocycles. The molecule has 1 aliphatic rings. The van der Waals surface area contributed by atoms with Crippen molar-refractivity contribution in [1.82, 2.24) is 14.6 Å². The molecule has 0 atom stereocenters. The van der Waals surface area contributed by atoms with E-state index >= 15 is 0 Å². The van der Waals surface area contributed by atoms with E-state index in [2.05, 4.69) is 15.4 Å². The van der Waals surface area contributed by atoms with Crippen LogP contribution in [0.25, 0.3) is 5.65 Å².